The lowest BCUT2D eigenvalue weighted by Gasteiger charge is -2.24. The maximum absolute atomic E-state index is 12.6. The molecule has 1 amide bonds. The van der Waals surface area contributed by atoms with Gasteiger partial charge in [0.15, 0.2) is 0 Å². The number of benzene rings is 1. The first kappa shape index (κ1) is 19.2. The Hall–Kier alpha value is -2.15. The second-order valence-electron chi connectivity index (χ2n) is 6.55. The van der Waals surface area contributed by atoms with E-state index < -0.39 is 16.8 Å². The molecule has 25 heavy (non-hydrogen) atoms. The van der Waals surface area contributed by atoms with Crippen molar-refractivity contribution >= 4 is 21.8 Å². The second-order valence-corrected chi connectivity index (χ2v) is 7.40. The molecule has 0 aliphatic rings. The minimum Gasteiger partial charge on any atom is -0.350 e. The number of hydrogen-bond acceptors (Lipinski definition) is 3. The van der Waals surface area contributed by atoms with Crippen LogP contribution in [0.3, 0.4) is 0 Å². The highest BCUT2D eigenvalue weighted by atomic mass is 79.9. The lowest BCUT2D eigenvalue weighted by atomic mass is 10.0. The van der Waals surface area contributed by atoms with Crippen molar-refractivity contribution in [2.24, 2.45) is 0 Å². The van der Waals surface area contributed by atoms with Gasteiger partial charge >= 0.3 is 5.69 Å². The summed E-state index contributed by atoms with van der Waals surface area (Å²) in [5.41, 5.74) is -0.492. The Labute approximate surface area is 154 Å². The maximum atomic E-state index is 12.6. The van der Waals surface area contributed by atoms with Gasteiger partial charge in [-0.3, -0.25) is 14.2 Å². The van der Waals surface area contributed by atoms with Crippen LogP contribution in [0.5, 0.6) is 0 Å². The zero-order chi connectivity index (χ0) is 18.6. The largest absolute Gasteiger partial charge is 0.350 e. The summed E-state index contributed by atoms with van der Waals surface area (Å²) < 4.78 is 2.61. The van der Waals surface area contributed by atoms with E-state index in [4.69, 9.17) is 0 Å². The highest BCUT2D eigenvalue weighted by Gasteiger charge is 2.20. The van der Waals surface area contributed by atoms with Crippen LogP contribution < -0.4 is 16.6 Å². The standard InChI is InChI=1S/C18H22BrN3O3/c1-4-18(2,3)20-15(23)12-22-16(24)14(19)11-21(17(22)25)10-13-8-6-5-7-9-13/h5-9,11H,4,10,12H2,1-3H3,(H,20,23). The van der Waals surface area contributed by atoms with Gasteiger partial charge in [0.1, 0.15) is 6.54 Å². The van der Waals surface area contributed by atoms with Crippen molar-refractivity contribution in [2.75, 3.05) is 0 Å². The first-order valence-corrected chi connectivity index (χ1v) is 8.87. The zero-order valence-electron chi connectivity index (χ0n) is 14.6. The molecule has 1 N–H and O–H groups in total. The topological polar surface area (TPSA) is 73.1 Å². The van der Waals surface area contributed by atoms with Crippen LogP contribution in [-0.2, 0) is 17.9 Å². The molecule has 0 fully saturated rings. The Morgan fingerprint density at radius 1 is 1.20 bits per heavy atom. The molecule has 0 aliphatic carbocycles. The van der Waals surface area contributed by atoms with Gasteiger partial charge in [-0.2, -0.15) is 0 Å². The number of carbonyl (C=O) groups excluding carboxylic acids is 1. The highest BCUT2D eigenvalue weighted by Crippen LogP contribution is 2.07. The fraction of sp³-hybridized carbons (Fsp3) is 0.389. The number of nitrogens with zero attached hydrogens (tertiary/aromatic N) is 2. The van der Waals surface area contributed by atoms with Crippen molar-refractivity contribution in [1.82, 2.24) is 14.5 Å². The van der Waals surface area contributed by atoms with Gasteiger partial charge in [0, 0.05) is 11.7 Å². The fourth-order valence-electron chi connectivity index (χ4n) is 2.30. The lowest BCUT2D eigenvalue weighted by molar-refractivity contribution is -0.123. The monoisotopic (exact) mass is 407 g/mol. The number of rotatable bonds is 6. The van der Waals surface area contributed by atoms with E-state index in [1.807, 2.05) is 51.1 Å². The quantitative estimate of drug-likeness (QED) is 0.796. The van der Waals surface area contributed by atoms with E-state index in [1.54, 1.807) is 0 Å². The SMILES string of the molecule is CCC(C)(C)NC(=O)Cn1c(=O)c(Br)cn(Cc2ccccc2)c1=O. The number of aromatic nitrogens is 2. The highest BCUT2D eigenvalue weighted by molar-refractivity contribution is 9.10. The Bertz CT molecular complexity index is 869. The maximum Gasteiger partial charge on any atom is 0.331 e. The Kier molecular flexibility index (Phi) is 6.00. The molecule has 7 heteroatoms. The van der Waals surface area contributed by atoms with Crippen molar-refractivity contribution < 1.29 is 4.79 Å². The Morgan fingerprint density at radius 3 is 2.44 bits per heavy atom. The summed E-state index contributed by atoms with van der Waals surface area (Å²) >= 11 is 3.18. The van der Waals surface area contributed by atoms with Crippen LogP contribution in [0, 0.1) is 0 Å². The normalized spacial score (nSPS) is 11.4. The van der Waals surface area contributed by atoms with Gasteiger partial charge in [-0.15, -0.1) is 0 Å². The number of amides is 1. The molecule has 134 valence electrons. The van der Waals surface area contributed by atoms with Gasteiger partial charge in [-0.1, -0.05) is 37.3 Å². The summed E-state index contributed by atoms with van der Waals surface area (Å²) in [5.74, 6) is -0.365. The summed E-state index contributed by atoms with van der Waals surface area (Å²) in [4.78, 5) is 37.2. The van der Waals surface area contributed by atoms with E-state index in [1.165, 1.54) is 10.8 Å². The first-order valence-electron chi connectivity index (χ1n) is 8.08. The van der Waals surface area contributed by atoms with Crippen molar-refractivity contribution in [3.8, 4) is 0 Å². The Balaban J connectivity index is 2.34. The van der Waals surface area contributed by atoms with Crippen LogP contribution in [0.1, 0.15) is 32.8 Å². The summed E-state index contributed by atoms with van der Waals surface area (Å²) in [6, 6.07) is 9.44. The van der Waals surface area contributed by atoms with Crippen LogP contribution in [0.15, 0.2) is 50.6 Å². The van der Waals surface area contributed by atoms with Crippen molar-refractivity contribution in [3.05, 3.63) is 67.4 Å². The van der Waals surface area contributed by atoms with Gasteiger partial charge in [0.25, 0.3) is 5.56 Å². The molecule has 0 spiro atoms. The Morgan fingerprint density at radius 2 is 1.84 bits per heavy atom. The molecule has 2 rings (SSSR count). The molecule has 0 unspecified atom stereocenters. The molecular formula is C18H22BrN3O3. The van der Waals surface area contributed by atoms with Gasteiger partial charge in [-0.25, -0.2) is 9.36 Å². The molecule has 0 bridgehead atoms. The predicted molar refractivity (Wildman–Crippen MR) is 101 cm³/mol. The van der Waals surface area contributed by atoms with E-state index in [9.17, 15) is 14.4 Å². The number of carbonyl (C=O) groups is 1. The number of halogens is 1. The average molecular weight is 408 g/mol. The van der Waals surface area contributed by atoms with Crippen molar-refractivity contribution in [3.63, 3.8) is 0 Å². The molecule has 1 heterocycles. The second kappa shape index (κ2) is 7.82. The van der Waals surface area contributed by atoms with Gasteiger partial charge in [0.2, 0.25) is 5.91 Å². The zero-order valence-corrected chi connectivity index (χ0v) is 16.2. The molecule has 0 atom stereocenters. The molecular weight excluding hydrogens is 386 g/mol. The van der Waals surface area contributed by atoms with Gasteiger partial charge in [-0.05, 0) is 41.8 Å². The van der Waals surface area contributed by atoms with E-state index in [0.717, 1.165) is 16.6 Å². The number of hydrogen-bond donors (Lipinski definition) is 1. The van der Waals surface area contributed by atoms with E-state index >= 15 is 0 Å². The number of nitrogens with one attached hydrogen (secondary N) is 1. The van der Waals surface area contributed by atoms with Crippen LogP contribution in [-0.4, -0.2) is 20.6 Å². The van der Waals surface area contributed by atoms with Crippen LogP contribution >= 0.6 is 15.9 Å². The molecule has 0 aliphatic heterocycles. The summed E-state index contributed by atoms with van der Waals surface area (Å²) in [6.45, 7) is 5.75. The summed E-state index contributed by atoms with van der Waals surface area (Å²) in [6.07, 6.45) is 2.20. The minimum absolute atomic E-state index is 0.241. The molecule has 0 saturated carbocycles. The summed E-state index contributed by atoms with van der Waals surface area (Å²) in [7, 11) is 0. The van der Waals surface area contributed by atoms with Gasteiger partial charge < -0.3 is 5.32 Å². The van der Waals surface area contributed by atoms with Crippen molar-refractivity contribution in [1.29, 1.82) is 0 Å². The molecule has 1 aromatic carbocycles. The third-order valence-electron chi connectivity index (χ3n) is 4.05. The first-order chi connectivity index (χ1) is 11.7. The van der Waals surface area contributed by atoms with E-state index in [2.05, 4.69) is 21.2 Å². The summed E-state index contributed by atoms with van der Waals surface area (Å²) in [5, 5.41) is 2.84. The predicted octanol–water partition coefficient (Wildman–Crippen LogP) is 2.13. The molecule has 6 nitrogen and oxygen atoms in total. The van der Waals surface area contributed by atoms with E-state index in [-0.39, 0.29) is 16.9 Å². The minimum atomic E-state index is -0.515. The molecule has 2 aromatic rings. The van der Waals surface area contributed by atoms with Crippen LogP contribution in [0.4, 0.5) is 0 Å². The smallest absolute Gasteiger partial charge is 0.331 e. The van der Waals surface area contributed by atoms with Gasteiger partial charge in [0.05, 0.1) is 11.0 Å². The molecule has 0 saturated heterocycles. The third kappa shape index (κ3) is 4.92. The van der Waals surface area contributed by atoms with E-state index in [0.29, 0.717) is 6.54 Å². The molecule has 1 aromatic heterocycles. The van der Waals surface area contributed by atoms with Crippen molar-refractivity contribution in [2.45, 2.75) is 45.8 Å². The average Bonchev–Trinajstić information content (AvgIpc) is 2.57. The lowest BCUT2D eigenvalue weighted by Crippen LogP contribution is -2.48. The third-order valence-corrected chi connectivity index (χ3v) is 4.60. The fourth-order valence-corrected chi connectivity index (χ4v) is 2.76. The van der Waals surface area contributed by atoms with Crippen LogP contribution in [0.2, 0.25) is 0 Å². The van der Waals surface area contributed by atoms with Crippen LogP contribution in [0.25, 0.3) is 0 Å². The molecule has 0 radical (unpaired) electrons.